The number of alkyl halides is 3. The van der Waals surface area contributed by atoms with Crippen LogP contribution in [0.4, 0.5) is 24.7 Å². The van der Waals surface area contributed by atoms with Crippen LogP contribution in [0.2, 0.25) is 0 Å². The lowest BCUT2D eigenvalue weighted by Crippen LogP contribution is -2.43. The average molecular weight is 440 g/mol. The van der Waals surface area contributed by atoms with Gasteiger partial charge in [0.1, 0.15) is 5.82 Å². The first-order chi connectivity index (χ1) is 14.3. The minimum absolute atomic E-state index is 0.0399. The van der Waals surface area contributed by atoms with Gasteiger partial charge in [0.2, 0.25) is 5.91 Å². The summed E-state index contributed by atoms with van der Waals surface area (Å²) >= 11 is 0. The van der Waals surface area contributed by atoms with Gasteiger partial charge >= 0.3 is 11.9 Å². The molecule has 31 heavy (non-hydrogen) atoms. The Labute approximate surface area is 177 Å². The molecule has 0 fully saturated rings. The summed E-state index contributed by atoms with van der Waals surface area (Å²) in [5.74, 6) is -0.784. The number of anilines is 2. The van der Waals surface area contributed by atoms with Gasteiger partial charge in [-0.25, -0.2) is 4.79 Å². The van der Waals surface area contributed by atoms with Gasteiger partial charge in [0.15, 0.2) is 5.69 Å². The molecule has 7 nitrogen and oxygen atoms in total. The molecule has 0 aliphatic heterocycles. The highest BCUT2D eigenvalue weighted by Crippen LogP contribution is 2.30. The number of halogens is 3. The first-order valence-corrected chi connectivity index (χ1v) is 9.90. The first kappa shape index (κ1) is 24.2. The third kappa shape index (κ3) is 5.99. The predicted molar refractivity (Wildman–Crippen MR) is 113 cm³/mol. The van der Waals surface area contributed by atoms with Gasteiger partial charge in [0.05, 0.1) is 12.0 Å². The molecule has 170 valence electrons. The van der Waals surface area contributed by atoms with E-state index in [1.165, 1.54) is 16.7 Å². The van der Waals surface area contributed by atoms with Crippen molar-refractivity contribution in [1.82, 2.24) is 9.55 Å². The van der Waals surface area contributed by atoms with Crippen LogP contribution in [0.5, 0.6) is 0 Å². The number of carbonyl (C=O) groups excluding carboxylic acids is 1. The van der Waals surface area contributed by atoms with Crippen molar-refractivity contribution >= 4 is 17.4 Å². The summed E-state index contributed by atoms with van der Waals surface area (Å²) in [5.41, 5.74) is 3.73. The standard InChI is InChI=1S/C21H27F3N4O3/c1-12(2)10-27(16(29)9-14-6-5-7-15(8-14)21(22,23)24)17-18(25)28(11-13(3)4)20(31)26-19(17)30/h5-8,12-13H,9-11,25H2,1-4H3,(H,26,30,31). The number of hydrogen-bond acceptors (Lipinski definition) is 4. The molecule has 0 unspecified atom stereocenters. The van der Waals surface area contributed by atoms with Crippen LogP contribution in [-0.2, 0) is 23.9 Å². The van der Waals surface area contributed by atoms with Crippen molar-refractivity contribution in [3.63, 3.8) is 0 Å². The van der Waals surface area contributed by atoms with E-state index in [-0.39, 0.29) is 48.4 Å². The molecule has 1 aromatic heterocycles. The Hall–Kier alpha value is -3.04. The van der Waals surface area contributed by atoms with Crippen molar-refractivity contribution < 1.29 is 18.0 Å². The number of nitrogen functional groups attached to an aromatic ring is 1. The molecule has 2 aromatic rings. The minimum Gasteiger partial charge on any atom is -0.383 e. The van der Waals surface area contributed by atoms with Crippen LogP contribution in [0.1, 0.15) is 38.8 Å². The number of rotatable bonds is 7. The van der Waals surface area contributed by atoms with Gasteiger partial charge < -0.3 is 10.6 Å². The number of aromatic amines is 1. The largest absolute Gasteiger partial charge is 0.416 e. The van der Waals surface area contributed by atoms with E-state index in [1.54, 1.807) is 0 Å². The summed E-state index contributed by atoms with van der Waals surface area (Å²) in [5, 5.41) is 0. The van der Waals surface area contributed by atoms with Gasteiger partial charge in [0.25, 0.3) is 5.56 Å². The quantitative estimate of drug-likeness (QED) is 0.691. The van der Waals surface area contributed by atoms with Crippen molar-refractivity contribution in [3.05, 3.63) is 56.2 Å². The van der Waals surface area contributed by atoms with E-state index in [4.69, 9.17) is 5.73 Å². The lowest BCUT2D eigenvalue weighted by atomic mass is 10.1. The molecule has 3 N–H and O–H groups in total. The van der Waals surface area contributed by atoms with Crippen LogP contribution in [0, 0.1) is 11.8 Å². The number of amides is 1. The maximum atomic E-state index is 13.1. The van der Waals surface area contributed by atoms with Gasteiger partial charge in [-0.1, -0.05) is 45.9 Å². The van der Waals surface area contributed by atoms with Crippen molar-refractivity contribution in [2.75, 3.05) is 17.2 Å². The second kappa shape index (κ2) is 9.40. The summed E-state index contributed by atoms with van der Waals surface area (Å²) in [6.07, 6.45) is -4.90. The Bertz CT molecular complexity index is 1060. The van der Waals surface area contributed by atoms with Crippen LogP contribution in [0.3, 0.4) is 0 Å². The molecule has 0 aliphatic carbocycles. The number of nitrogens with one attached hydrogen (secondary N) is 1. The van der Waals surface area contributed by atoms with Gasteiger partial charge in [0, 0.05) is 13.1 Å². The summed E-state index contributed by atoms with van der Waals surface area (Å²) in [6.45, 7) is 7.69. The van der Waals surface area contributed by atoms with Crippen molar-refractivity contribution in [1.29, 1.82) is 0 Å². The zero-order chi connectivity index (χ0) is 23.5. The van der Waals surface area contributed by atoms with Crippen LogP contribution >= 0.6 is 0 Å². The highest BCUT2D eigenvalue weighted by atomic mass is 19.4. The van der Waals surface area contributed by atoms with E-state index in [9.17, 15) is 27.6 Å². The monoisotopic (exact) mass is 440 g/mol. The minimum atomic E-state index is -4.54. The van der Waals surface area contributed by atoms with Crippen LogP contribution in [-0.4, -0.2) is 22.0 Å². The number of benzene rings is 1. The van der Waals surface area contributed by atoms with Crippen LogP contribution in [0.25, 0.3) is 0 Å². The van der Waals surface area contributed by atoms with E-state index in [2.05, 4.69) is 4.98 Å². The maximum Gasteiger partial charge on any atom is 0.416 e. The molecule has 10 heteroatoms. The Balaban J connectivity index is 2.51. The third-order valence-corrected chi connectivity index (χ3v) is 4.49. The molecule has 0 saturated carbocycles. The fraction of sp³-hybridized carbons (Fsp3) is 0.476. The SMILES string of the molecule is CC(C)CN(C(=O)Cc1cccc(C(F)(F)F)c1)c1c(N)n(CC(C)C)c(=O)[nH]c1=O. The highest BCUT2D eigenvalue weighted by molar-refractivity contribution is 5.96. The summed E-state index contributed by atoms with van der Waals surface area (Å²) in [7, 11) is 0. The van der Waals surface area contributed by atoms with E-state index in [0.717, 1.165) is 17.0 Å². The molecule has 0 bridgehead atoms. The number of H-pyrrole nitrogens is 1. The highest BCUT2D eigenvalue weighted by Gasteiger charge is 2.31. The molecular weight excluding hydrogens is 413 g/mol. The normalized spacial score (nSPS) is 11.9. The van der Waals surface area contributed by atoms with Gasteiger partial charge in [-0.2, -0.15) is 13.2 Å². The molecule has 0 spiro atoms. The summed E-state index contributed by atoms with van der Waals surface area (Å²) in [6, 6.07) is 4.46. The molecular formula is C21H27F3N4O3. The molecule has 2 rings (SSSR count). The van der Waals surface area contributed by atoms with Gasteiger partial charge in [-0.15, -0.1) is 0 Å². The molecule has 1 aromatic carbocycles. The Kier molecular flexibility index (Phi) is 7.35. The van der Waals surface area contributed by atoms with Crippen molar-refractivity contribution in [3.8, 4) is 0 Å². The predicted octanol–water partition coefficient (Wildman–Crippen LogP) is 3.03. The van der Waals surface area contributed by atoms with E-state index in [0.29, 0.717) is 0 Å². The maximum absolute atomic E-state index is 13.1. The lowest BCUT2D eigenvalue weighted by Gasteiger charge is -2.26. The van der Waals surface area contributed by atoms with Gasteiger partial charge in [-0.3, -0.25) is 19.1 Å². The third-order valence-electron chi connectivity index (χ3n) is 4.49. The fourth-order valence-corrected chi connectivity index (χ4v) is 3.20. The number of carbonyl (C=O) groups is 1. The summed E-state index contributed by atoms with van der Waals surface area (Å²) < 4.78 is 40.2. The molecule has 0 saturated heterocycles. The smallest absolute Gasteiger partial charge is 0.383 e. The lowest BCUT2D eigenvalue weighted by molar-refractivity contribution is -0.137. The van der Waals surface area contributed by atoms with E-state index >= 15 is 0 Å². The van der Waals surface area contributed by atoms with E-state index < -0.39 is 28.9 Å². The summed E-state index contributed by atoms with van der Waals surface area (Å²) in [4.78, 5) is 41.2. The Morgan fingerprint density at radius 3 is 2.35 bits per heavy atom. The number of nitrogens with two attached hydrogens (primary N) is 1. The first-order valence-electron chi connectivity index (χ1n) is 9.90. The molecule has 1 amide bonds. The molecule has 0 atom stereocenters. The zero-order valence-corrected chi connectivity index (χ0v) is 17.9. The Morgan fingerprint density at radius 2 is 1.81 bits per heavy atom. The van der Waals surface area contributed by atoms with Crippen molar-refractivity contribution in [2.24, 2.45) is 11.8 Å². The number of hydrogen-bond donors (Lipinski definition) is 2. The van der Waals surface area contributed by atoms with E-state index in [1.807, 2.05) is 27.7 Å². The number of nitrogens with zero attached hydrogens (tertiary/aromatic N) is 2. The van der Waals surface area contributed by atoms with Crippen LogP contribution < -0.4 is 21.9 Å². The molecule has 0 radical (unpaired) electrons. The zero-order valence-electron chi connectivity index (χ0n) is 17.9. The number of aromatic nitrogens is 2. The Morgan fingerprint density at radius 1 is 1.16 bits per heavy atom. The van der Waals surface area contributed by atoms with Crippen molar-refractivity contribution in [2.45, 2.75) is 46.8 Å². The topological polar surface area (TPSA) is 101 Å². The van der Waals surface area contributed by atoms with Crippen LogP contribution in [0.15, 0.2) is 33.9 Å². The van der Waals surface area contributed by atoms with Gasteiger partial charge in [-0.05, 0) is 23.5 Å². The molecule has 1 heterocycles. The molecule has 0 aliphatic rings. The average Bonchev–Trinajstić information content (AvgIpc) is 2.63. The second-order valence-corrected chi connectivity index (χ2v) is 8.27. The fourth-order valence-electron chi connectivity index (χ4n) is 3.20. The second-order valence-electron chi connectivity index (χ2n) is 8.27.